The zero-order chi connectivity index (χ0) is 23.9. The van der Waals surface area contributed by atoms with Gasteiger partial charge in [-0.05, 0) is 44.2 Å². The summed E-state index contributed by atoms with van der Waals surface area (Å²) in [6.07, 6.45) is 1.44. The van der Waals surface area contributed by atoms with E-state index in [2.05, 4.69) is 11.9 Å². The van der Waals surface area contributed by atoms with E-state index < -0.39 is 27.9 Å². The highest BCUT2D eigenvalue weighted by molar-refractivity contribution is 7.92. The molecule has 10 heteroatoms. The maximum atomic E-state index is 13.5. The number of halogens is 1. The van der Waals surface area contributed by atoms with Crippen molar-refractivity contribution in [3.05, 3.63) is 65.7 Å². The molecule has 0 aliphatic carbocycles. The van der Waals surface area contributed by atoms with E-state index in [-0.39, 0.29) is 28.6 Å². The number of anilines is 1. The van der Waals surface area contributed by atoms with Crippen LogP contribution in [0.25, 0.3) is 0 Å². The Morgan fingerprint density at radius 2 is 1.94 bits per heavy atom. The molecule has 1 N–H and O–H groups in total. The first-order valence-corrected chi connectivity index (χ1v) is 11.5. The zero-order valence-corrected chi connectivity index (χ0v) is 19.6. The van der Waals surface area contributed by atoms with Gasteiger partial charge in [-0.25, -0.2) is 13.2 Å². The second-order valence-corrected chi connectivity index (χ2v) is 8.86. The number of ether oxygens (including phenoxy) is 2. The summed E-state index contributed by atoms with van der Waals surface area (Å²) in [4.78, 5) is 24.3. The quantitative estimate of drug-likeness (QED) is 0.413. The summed E-state index contributed by atoms with van der Waals surface area (Å²) in [5.41, 5.74) is 0.217. The van der Waals surface area contributed by atoms with E-state index in [0.29, 0.717) is 11.4 Å². The van der Waals surface area contributed by atoms with E-state index in [1.807, 2.05) is 0 Å². The molecule has 0 aromatic heterocycles. The number of methoxy groups -OCH3 is 1. The summed E-state index contributed by atoms with van der Waals surface area (Å²) < 4.78 is 38.2. The number of para-hydroxylation sites is 2. The number of hydrogen-bond acceptors (Lipinski definition) is 6. The highest BCUT2D eigenvalue weighted by atomic mass is 35.5. The minimum absolute atomic E-state index is 0.0325. The lowest BCUT2D eigenvalue weighted by Crippen LogP contribution is -2.39. The molecule has 2 aromatic rings. The monoisotopic (exact) mass is 480 g/mol. The highest BCUT2D eigenvalue weighted by Gasteiger charge is 2.28. The van der Waals surface area contributed by atoms with E-state index in [0.717, 1.165) is 10.4 Å². The minimum Gasteiger partial charge on any atom is -0.495 e. The molecular weight excluding hydrogens is 456 g/mol. The Morgan fingerprint density at radius 3 is 2.56 bits per heavy atom. The molecule has 0 fully saturated rings. The molecular formula is C22H25ClN2O6S. The average molecular weight is 481 g/mol. The normalized spacial score (nSPS) is 11.9. The fourth-order valence-electron chi connectivity index (χ4n) is 2.85. The van der Waals surface area contributed by atoms with Crippen LogP contribution in [0, 0.1) is 0 Å². The summed E-state index contributed by atoms with van der Waals surface area (Å²) in [7, 11) is -2.69. The number of rotatable bonds is 10. The van der Waals surface area contributed by atoms with Crippen LogP contribution in [-0.2, 0) is 19.6 Å². The molecule has 2 rings (SSSR count). The molecule has 0 aliphatic heterocycles. The first-order chi connectivity index (χ1) is 15.2. The number of carbonyl (C=O) groups excluding carboxylic acids is 2. The SMILES string of the molecule is C=CCN(c1ccccc1OC)S(=O)(=O)c1ccc(Cl)c(C(=O)NC(C)C(=O)OCC)c1. The molecule has 1 amide bonds. The minimum atomic E-state index is -4.12. The summed E-state index contributed by atoms with van der Waals surface area (Å²) in [5.74, 6) is -0.970. The smallest absolute Gasteiger partial charge is 0.328 e. The topological polar surface area (TPSA) is 102 Å². The van der Waals surface area contributed by atoms with Gasteiger partial charge < -0.3 is 14.8 Å². The van der Waals surface area contributed by atoms with E-state index in [9.17, 15) is 18.0 Å². The number of amides is 1. The van der Waals surface area contributed by atoms with Crippen LogP contribution in [0.2, 0.25) is 5.02 Å². The van der Waals surface area contributed by atoms with Gasteiger partial charge in [0.25, 0.3) is 15.9 Å². The molecule has 0 saturated carbocycles. The number of sulfonamides is 1. The van der Waals surface area contributed by atoms with E-state index in [1.165, 1.54) is 32.2 Å². The molecule has 1 unspecified atom stereocenters. The second kappa shape index (κ2) is 11.0. The van der Waals surface area contributed by atoms with Gasteiger partial charge in [0, 0.05) is 0 Å². The Bertz CT molecular complexity index is 1100. The molecule has 0 heterocycles. The summed E-state index contributed by atoms with van der Waals surface area (Å²) >= 11 is 6.15. The van der Waals surface area contributed by atoms with Crippen LogP contribution in [0.1, 0.15) is 24.2 Å². The molecule has 1 atom stereocenters. The van der Waals surface area contributed by atoms with Crippen molar-refractivity contribution < 1.29 is 27.5 Å². The Morgan fingerprint density at radius 1 is 1.25 bits per heavy atom. The Balaban J connectivity index is 2.46. The van der Waals surface area contributed by atoms with Crippen LogP contribution in [0.5, 0.6) is 5.75 Å². The Labute approximate surface area is 192 Å². The lowest BCUT2D eigenvalue weighted by Gasteiger charge is -2.25. The van der Waals surface area contributed by atoms with Gasteiger partial charge >= 0.3 is 5.97 Å². The number of nitrogens with one attached hydrogen (secondary N) is 1. The van der Waals surface area contributed by atoms with E-state index in [4.69, 9.17) is 21.1 Å². The third kappa shape index (κ3) is 5.60. The lowest BCUT2D eigenvalue weighted by molar-refractivity contribution is -0.144. The van der Waals surface area contributed by atoms with Crippen LogP contribution in [0.4, 0.5) is 5.69 Å². The van der Waals surface area contributed by atoms with Gasteiger partial charge in [-0.3, -0.25) is 9.10 Å². The summed E-state index contributed by atoms with van der Waals surface area (Å²) in [6, 6.07) is 9.47. The third-order valence-electron chi connectivity index (χ3n) is 4.41. The van der Waals surface area contributed by atoms with Gasteiger partial charge in [-0.15, -0.1) is 6.58 Å². The second-order valence-electron chi connectivity index (χ2n) is 6.59. The van der Waals surface area contributed by atoms with Gasteiger partial charge in [-0.1, -0.05) is 29.8 Å². The van der Waals surface area contributed by atoms with Gasteiger partial charge in [0.1, 0.15) is 11.8 Å². The van der Waals surface area contributed by atoms with Crippen LogP contribution in [-0.4, -0.2) is 46.6 Å². The molecule has 0 aliphatic rings. The Kier molecular flexibility index (Phi) is 8.68. The van der Waals surface area contributed by atoms with E-state index >= 15 is 0 Å². The number of benzene rings is 2. The molecule has 32 heavy (non-hydrogen) atoms. The number of hydrogen-bond donors (Lipinski definition) is 1. The molecule has 2 aromatic carbocycles. The van der Waals surface area contributed by atoms with Crippen molar-refractivity contribution >= 4 is 39.2 Å². The number of nitrogens with zero attached hydrogens (tertiary/aromatic N) is 1. The lowest BCUT2D eigenvalue weighted by atomic mass is 10.2. The van der Waals surface area contributed by atoms with Crippen molar-refractivity contribution in [1.29, 1.82) is 0 Å². The van der Waals surface area contributed by atoms with Crippen LogP contribution in [0.15, 0.2) is 60.0 Å². The van der Waals surface area contributed by atoms with Gasteiger partial charge in [0.15, 0.2) is 0 Å². The molecule has 172 valence electrons. The molecule has 8 nitrogen and oxygen atoms in total. The first-order valence-electron chi connectivity index (χ1n) is 9.71. The average Bonchev–Trinajstić information content (AvgIpc) is 2.77. The predicted octanol–water partition coefficient (Wildman–Crippen LogP) is 3.41. The highest BCUT2D eigenvalue weighted by Crippen LogP contribution is 2.33. The standard InChI is InChI=1S/C22H25ClN2O6S/c1-5-13-25(19-9-7-8-10-20(19)30-4)32(28,29)16-11-12-18(23)17(14-16)21(26)24-15(3)22(27)31-6-2/h5,7-12,14-15H,1,6,13H2,2-4H3,(H,24,26). The maximum Gasteiger partial charge on any atom is 0.328 e. The summed E-state index contributed by atoms with van der Waals surface area (Å²) in [6.45, 7) is 6.87. The van der Waals surface area contributed by atoms with Crippen molar-refractivity contribution in [3.8, 4) is 5.75 Å². The molecule has 0 bridgehead atoms. The zero-order valence-electron chi connectivity index (χ0n) is 18.0. The van der Waals surface area contributed by atoms with E-state index in [1.54, 1.807) is 31.2 Å². The first kappa shape index (κ1) is 25.2. The van der Waals surface area contributed by atoms with Crippen LogP contribution < -0.4 is 14.4 Å². The van der Waals surface area contributed by atoms with Gasteiger partial charge in [0.05, 0.1) is 41.4 Å². The predicted molar refractivity (Wildman–Crippen MR) is 123 cm³/mol. The van der Waals surface area contributed by atoms with Crippen molar-refractivity contribution in [2.75, 3.05) is 24.6 Å². The van der Waals surface area contributed by atoms with Gasteiger partial charge in [0.2, 0.25) is 0 Å². The van der Waals surface area contributed by atoms with Crippen LogP contribution in [0.3, 0.4) is 0 Å². The van der Waals surface area contributed by atoms with Crippen molar-refractivity contribution in [3.63, 3.8) is 0 Å². The fourth-order valence-corrected chi connectivity index (χ4v) is 4.52. The number of esters is 1. The molecule has 0 saturated heterocycles. The molecule has 0 radical (unpaired) electrons. The van der Waals surface area contributed by atoms with Crippen molar-refractivity contribution in [2.45, 2.75) is 24.8 Å². The summed E-state index contributed by atoms with van der Waals surface area (Å²) in [5, 5.41) is 2.49. The van der Waals surface area contributed by atoms with Crippen molar-refractivity contribution in [1.82, 2.24) is 5.32 Å². The number of carbonyl (C=O) groups is 2. The van der Waals surface area contributed by atoms with Gasteiger partial charge in [-0.2, -0.15) is 0 Å². The third-order valence-corrected chi connectivity index (χ3v) is 6.51. The van der Waals surface area contributed by atoms with Crippen LogP contribution >= 0.6 is 11.6 Å². The van der Waals surface area contributed by atoms with Crippen molar-refractivity contribution in [2.24, 2.45) is 0 Å². The largest absolute Gasteiger partial charge is 0.495 e. The maximum absolute atomic E-state index is 13.5. The Hall–Kier alpha value is -3.04. The molecule has 0 spiro atoms. The fraction of sp³-hybridized carbons (Fsp3) is 0.273.